The molecule has 0 aromatic rings. The van der Waals surface area contributed by atoms with Crippen LogP contribution in [0.15, 0.2) is 0 Å². The van der Waals surface area contributed by atoms with E-state index >= 15 is 0 Å². The fourth-order valence-electron chi connectivity index (χ4n) is 5.07. The SMILES string of the molecule is CC1CCCC(N2CC3(CCCC3)NCC2C(C)C)C1. The lowest BCUT2D eigenvalue weighted by Crippen LogP contribution is -2.66. The molecule has 2 nitrogen and oxygen atoms in total. The molecule has 20 heavy (non-hydrogen) atoms. The summed E-state index contributed by atoms with van der Waals surface area (Å²) in [5, 5.41) is 3.96. The first-order valence-corrected chi connectivity index (χ1v) is 9.10. The summed E-state index contributed by atoms with van der Waals surface area (Å²) >= 11 is 0. The number of hydrogen-bond donors (Lipinski definition) is 1. The predicted molar refractivity (Wildman–Crippen MR) is 86.0 cm³/mol. The van der Waals surface area contributed by atoms with Crippen LogP contribution >= 0.6 is 0 Å². The summed E-state index contributed by atoms with van der Waals surface area (Å²) < 4.78 is 0. The van der Waals surface area contributed by atoms with Gasteiger partial charge in [0, 0.05) is 30.7 Å². The Morgan fingerprint density at radius 2 is 1.85 bits per heavy atom. The van der Waals surface area contributed by atoms with Crippen LogP contribution in [0.25, 0.3) is 0 Å². The average molecular weight is 278 g/mol. The maximum atomic E-state index is 3.96. The second kappa shape index (κ2) is 5.96. The number of nitrogens with zero attached hydrogens (tertiary/aromatic N) is 1. The van der Waals surface area contributed by atoms with Crippen LogP contribution in [0.5, 0.6) is 0 Å². The number of rotatable bonds is 2. The van der Waals surface area contributed by atoms with Crippen molar-refractivity contribution in [3.05, 3.63) is 0 Å². The summed E-state index contributed by atoms with van der Waals surface area (Å²) in [6.07, 6.45) is 11.5. The van der Waals surface area contributed by atoms with E-state index in [-0.39, 0.29) is 0 Å². The summed E-state index contributed by atoms with van der Waals surface area (Å²) in [4.78, 5) is 2.95. The van der Waals surface area contributed by atoms with Crippen molar-refractivity contribution in [1.29, 1.82) is 0 Å². The molecule has 1 spiro atoms. The van der Waals surface area contributed by atoms with Gasteiger partial charge in [-0.1, -0.05) is 46.5 Å². The zero-order valence-electron chi connectivity index (χ0n) is 13.8. The molecule has 1 aliphatic heterocycles. The van der Waals surface area contributed by atoms with Gasteiger partial charge in [0.1, 0.15) is 0 Å². The highest BCUT2D eigenvalue weighted by atomic mass is 15.3. The standard InChI is InChI=1S/C18H34N2/c1-14(2)17-12-19-18(9-4-5-10-18)13-20(17)16-8-6-7-15(3)11-16/h14-17,19H,4-13H2,1-3H3. The van der Waals surface area contributed by atoms with Crippen molar-refractivity contribution in [3.8, 4) is 0 Å². The van der Waals surface area contributed by atoms with Crippen molar-refractivity contribution in [2.24, 2.45) is 11.8 Å². The van der Waals surface area contributed by atoms with Crippen LogP contribution in [0.3, 0.4) is 0 Å². The van der Waals surface area contributed by atoms with E-state index in [2.05, 4.69) is 31.0 Å². The molecule has 2 saturated carbocycles. The molecule has 2 heteroatoms. The smallest absolute Gasteiger partial charge is 0.0309 e. The maximum Gasteiger partial charge on any atom is 0.0309 e. The minimum Gasteiger partial charge on any atom is -0.308 e. The van der Waals surface area contributed by atoms with Crippen LogP contribution in [0.2, 0.25) is 0 Å². The lowest BCUT2D eigenvalue weighted by atomic mass is 9.81. The van der Waals surface area contributed by atoms with Crippen LogP contribution in [0.1, 0.15) is 72.1 Å². The van der Waals surface area contributed by atoms with E-state index in [0.717, 1.165) is 23.9 Å². The molecule has 1 saturated heterocycles. The van der Waals surface area contributed by atoms with Crippen molar-refractivity contribution in [2.45, 2.75) is 89.8 Å². The van der Waals surface area contributed by atoms with Crippen molar-refractivity contribution in [1.82, 2.24) is 10.2 Å². The molecule has 0 aromatic heterocycles. The van der Waals surface area contributed by atoms with Gasteiger partial charge in [-0.15, -0.1) is 0 Å². The first kappa shape index (κ1) is 14.8. The lowest BCUT2D eigenvalue weighted by Gasteiger charge is -2.52. The van der Waals surface area contributed by atoms with E-state index in [1.807, 2.05) is 0 Å². The molecule has 3 unspecified atom stereocenters. The second-order valence-corrected chi connectivity index (χ2v) is 8.28. The Hall–Kier alpha value is -0.0800. The third kappa shape index (κ3) is 2.92. The van der Waals surface area contributed by atoms with E-state index in [4.69, 9.17) is 0 Å². The zero-order chi connectivity index (χ0) is 14.2. The van der Waals surface area contributed by atoms with E-state index in [0.29, 0.717) is 5.54 Å². The van der Waals surface area contributed by atoms with Gasteiger partial charge in [-0.05, 0) is 37.5 Å². The van der Waals surface area contributed by atoms with Gasteiger partial charge < -0.3 is 5.32 Å². The maximum absolute atomic E-state index is 3.96. The zero-order valence-corrected chi connectivity index (χ0v) is 13.8. The fraction of sp³-hybridized carbons (Fsp3) is 1.00. The van der Waals surface area contributed by atoms with E-state index in [1.54, 1.807) is 0 Å². The summed E-state index contributed by atoms with van der Waals surface area (Å²) in [6.45, 7) is 9.84. The molecule has 3 rings (SSSR count). The Morgan fingerprint density at radius 3 is 2.50 bits per heavy atom. The van der Waals surface area contributed by atoms with Gasteiger partial charge in [0.05, 0.1) is 0 Å². The highest BCUT2D eigenvalue weighted by Crippen LogP contribution is 2.38. The second-order valence-electron chi connectivity index (χ2n) is 8.28. The molecule has 0 aromatic carbocycles. The Labute approximate surface area is 125 Å². The normalized spacial score (nSPS) is 38.7. The summed E-state index contributed by atoms with van der Waals surface area (Å²) in [5.41, 5.74) is 0.478. The Balaban J connectivity index is 1.74. The van der Waals surface area contributed by atoms with Gasteiger partial charge in [-0.2, -0.15) is 0 Å². The van der Waals surface area contributed by atoms with Gasteiger partial charge in [-0.25, -0.2) is 0 Å². The average Bonchev–Trinajstić information content (AvgIpc) is 2.86. The first-order chi connectivity index (χ1) is 9.60. The van der Waals surface area contributed by atoms with E-state index < -0.39 is 0 Å². The monoisotopic (exact) mass is 278 g/mol. The summed E-state index contributed by atoms with van der Waals surface area (Å²) in [7, 11) is 0. The van der Waals surface area contributed by atoms with E-state index in [1.165, 1.54) is 64.5 Å². The highest BCUT2D eigenvalue weighted by molar-refractivity contribution is 5.03. The third-order valence-electron chi connectivity index (χ3n) is 6.31. The van der Waals surface area contributed by atoms with Crippen LogP contribution in [0.4, 0.5) is 0 Å². The fourth-order valence-corrected chi connectivity index (χ4v) is 5.07. The molecule has 2 aliphatic carbocycles. The highest BCUT2D eigenvalue weighted by Gasteiger charge is 2.44. The summed E-state index contributed by atoms with van der Waals surface area (Å²) in [6, 6.07) is 1.63. The topological polar surface area (TPSA) is 15.3 Å². The number of nitrogens with one attached hydrogen (secondary N) is 1. The van der Waals surface area contributed by atoms with Crippen molar-refractivity contribution in [2.75, 3.05) is 13.1 Å². The Morgan fingerprint density at radius 1 is 1.10 bits per heavy atom. The Kier molecular flexibility index (Phi) is 4.42. The van der Waals surface area contributed by atoms with Crippen molar-refractivity contribution in [3.63, 3.8) is 0 Å². The molecule has 116 valence electrons. The molecule has 0 amide bonds. The quantitative estimate of drug-likeness (QED) is 0.826. The van der Waals surface area contributed by atoms with Gasteiger partial charge in [0.15, 0.2) is 0 Å². The largest absolute Gasteiger partial charge is 0.308 e. The lowest BCUT2D eigenvalue weighted by molar-refractivity contribution is 0.00265. The van der Waals surface area contributed by atoms with Crippen molar-refractivity contribution >= 4 is 0 Å². The molecule has 3 aliphatic rings. The Bertz CT molecular complexity index is 319. The predicted octanol–water partition coefficient (Wildman–Crippen LogP) is 3.81. The minimum atomic E-state index is 0.478. The molecule has 3 fully saturated rings. The van der Waals surface area contributed by atoms with Crippen LogP contribution in [-0.2, 0) is 0 Å². The minimum absolute atomic E-state index is 0.478. The molecule has 0 bridgehead atoms. The number of hydrogen-bond acceptors (Lipinski definition) is 2. The molecule has 3 atom stereocenters. The van der Waals surface area contributed by atoms with E-state index in [9.17, 15) is 0 Å². The third-order valence-corrected chi connectivity index (χ3v) is 6.31. The number of piperazine rings is 1. The van der Waals surface area contributed by atoms with Gasteiger partial charge in [-0.3, -0.25) is 4.90 Å². The van der Waals surface area contributed by atoms with Crippen LogP contribution < -0.4 is 5.32 Å². The molecular formula is C18H34N2. The molecule has 1 heterocycles. The molecule has 1 N–H and O–H groups in total. The first-order valence-electron chi connectivity index (χ1n) is 9.10. The van der Waals surface area contributed by atoms with Gasteiger partial charge in [0.25, 0.3) is 0 Å². The molecular weight excluding hydrogens is 244 g/mol. The van der Waals surface area contributed by atoms with Gasteiger partial charge >= 0.3 is 0 Å². The van der Waals surface area contributed by atoms with Crippen molar-refractivity contribution < 1.29 is 0 Å². The molecule has 0 radical (unpaired) electrons. The van der Waals surface area contributed by atoms with Crippen LogP contribution in [-0.4, -0.2) is 35.6 Å². The van der Waals surface area contributed by atoms with Gasteiger partial charge in [0.2, 0.25) is 0 Å². The summed E-state index contributed by atoms with van der Waals surface area (Å²) in [5.74, 6) is 1.72. The van der Waals surface area contributed by atoms with Crippen LogP contribution in [0, 0.1) is 11.8 Å².